The number of fused-ring (bicyclic) bond motifs is 1. The molecule has 0 bridgehead atoms. The van der Waals surface area contributed by atoms with Crippen molar-refractivity contribution in [2.45, 2.75) is 6.54 Å². The fourth-order valence-electron chi connectivity index (χ4n) is 2.01. The number of nitro benzene ring substituents is 1. The van der Waals surface area contributed by atoms with E-state index in [0.717, 1.165) is 0 Å². The third kappa shape index (κ3) is 2.38. The minimum atomic E-state index is -0.521. The second kappa shape index (κ2) is 5.02. The first kappa shape index (κ1) is 13.3. The summed E-state index contributed by atoms with van der Waals surface area (Å²) in [6.07, 6.45) is 1.62. The zero-order chi connectivity index (χ0) is 15.0. The molecule has 2 aromatic heterocycles. The van der Waals surface area contributed by atoms with Crippen LogP contribution in [0.25, 0.3) is 5.65 Å². The van der Waals surface area contributed by atoms with Crippen molar-refractivity contribution in [3.63, 3.8) is 0 Å². The average molecular weight is 305 g/mol. The van der Waals surface area contributed by atoms with Gasteiger partial charge in [0.25, 0.3) is 5.69 Å². The minimum absolute atomic E-state index is 0.0916. The van der Waals surface area contributed by atoms with Gasteiger partial charge in [0.2, 0.25) is 0 Å². The number of non-ortho nitro benzene ring substituents is 1. The van der Waals surface area contributed by atoms with Crippen molar-refractivity contribution < 1.29 is 4.92 Å². The molecule has 7 nitrogen and oxygen atoms in total. The molecule has 0 fully saturated rings. The standard InChI is InChI=1S/C13H9ClN4O3/c14-11-7-10(18(20)21)5-4-9(11)8-17-13(19)16-6-2-1-3-12(16)15-17/h1-7H,8H2. The summed E-state index contributed by atoms with van der Waals surface area (Å²) in [5, 5.41) is 15.1. The lowest BCUT2D eigenvalue weighted by Crippen LogP contribution is -2.21. The molecule has 1 aromatic carbocycles. The molecule has 0 saturated heterocycles. The minimum Gasteiger partial charge on any atom is -0.258 e. The highest BCUT2D eigenvalue weighted by atomic mass is 35.5. The lowest BCUT2D eigenvalue weighted by molar-refractivity contribution is -0.384. The molecule has 3 rings (SSSR count). The summed E-state index contributed by atoms with van der Waals surface area (Å²) in [5.41, 5.74) is 0.736. The van der Waals surface area contributed by atoms with E-state index in [2.05, 4.69) is 5.10 Å². The molecule has 0 unspecified atom stereocenters. The largest absolute Gasteiger partial charge is 0.350 e. The number of hydrogen-bond acceptors (Lipinski definition) is 4. The van der Waals surface area contributed by atoms with Gasteiger partial charge < -0.3 is 0 Å². The molecule has 0 radical (unpaired) electrons. The third-order valence-electron chi connectivity index (χ3n) is 3.06. The number of pyridine rings is 1. The van der Waals surface area contributed by atoms with Crippen molar-refractivity contribution in [3.05, 3.63) is 73.8 Å². The summed E-state index contributed by atoms with van der Waals surface area (Å²) in [6, 6.07) is 9.37. The Morgan fingerprint density at radius 1 is 1.29 bits per heavy atom. The normalized spacial score (nSPS) is 10.9. The Labute approximate surface area is 123 Å². The van der Waals surface area contributed by atoms with E-state index >= 15 is 0 Å². The van der Waals surface area contributed by atoms with Gasteiger partial charge in [-0.15, -0.1) is 5.10 Å². The van der Waals surface area contributed by atoms with E-state index in [1.54, 1.807) is 24.4 Å². The van der Waals surface area contributed by atoms with Crippen LogP contribution in [-0.2, 0) is 6.54 Å². The molecule has 0 spiro atoms. The van der Waals surface area contributed by atoms with Crippen molar-refractivity contribution in [1.82, 2.24) is 14.2 Å². The van der Waals surface area contributed by atoms with Gasteiger partial charge in [0.15, 0.2) is 5.65 Å². The molecule has 2 heterocycles. The van der Waals surface area contributed by atoms with Crippen LogP contribution in [0, 0.1) is 10.1 Å². The van der Waals surface area contributed by atoms with Gasteiger partial charge in [0.1, 0.15) is 0 Å². The first-order valence-electron chi connectivity index (χ1n) is 6.03. The monoisotopic (exact) mass is 304 g/mol. The van der Waals surface area contributed by atoms with Gasteiger partial charge in [0.05, 0.1) is 16.5 Å². The lowest BCUT2D eigenvalue weighted by atomic mass is 10.2. The highest BCUT2D eigenvalue weighted by Crippen LogP contribution is 2.22. The fourth-order valence-corrected chi connectivity index (χ4v) is 2.25. The highest BCUT2D eigenvalue weighted by Gasteiger charge is 2.12. The van der Waals surface area contributed by atoms with E-state index in [1.807, 2.05) is 0 Å². The Morgan fingerprint density at radius 3 is 2.76 bits per heavy atom. The second-order valence-corrected chi connectivity index (χ2v) is 4.81. The molecule has 0 aliphatic rings. The second-order valence-electron chi connectivity index (χ2n) is 4.40. The predicted octanol–water partition coefficient (Wildman–Crippen LogP) is 2.11. The number of nitrogens with zero attached hydrogens (tertiary/aromatic N) is 4. The maximum absolute atomic E-state index is 12.1. The van der Waals surface area contributed by atoms with E-state index in [-0.39, 0.29) is 22.9 Å². The van der Waals surface area contributed by atoms with E-state index in [0.29, 0.717) is 11.2 Å². The molecule has 0 atom stereocenters. The van der Waals surface area contributed by atoms with Gasteiger partial charge in [-0.3, -0.25) is 14.5 Å². The van der Waals surface area contributed by atoms with Crippen molar-refractivity contribution in [2.75, 3.05) is 0 Å². The van der Waals surface area contributed by atoms with Gasteiger partial charge >= 0.3 is 5.69 Å². The van der Waals surface area contributed by atoms with Gasteiger partial charge in [-0.1, -0.05) is 17.7 Å². The van der Waals surface area contributed by atoms with Crippen molar-refractivity contribution in [2.24, 2.45) is 0 Å². The van der Waals surface area contributed by atoms with Crippen LogP contribution in [0.1, 0.15) is 5.56 Å². The third-order valence-corrected chi connectivity index (χ3v) is 3.41. The Balaban J connectivity index is 2.01. The zero-order valence-corrected chi connectivity index (χ0v) is 11.4. The molecular formula is C13H9ClN4O3. The van der Waals surface area contributed by atoms with Crippen molar-refractivity contribution in [1.29, 1.82) is 0 Å². The smallest absolute Gasteiger partial charge is 0.258 e. The van der Waals surface area contributed by atoms with Gasteiger partial charge in [0, 0.05) is 18.3 Å². The summed E-state index contributed by atoms with van der Waals surface area (Å²) >= 11 is 6.02. The Hall–Kier alpha value is -2.67. The quantitative estimate of drug-likeness (QED) is 0.548. The van der Waals surface area contributed by atoms with Crippen LogP contribution in [-0.4, -0.2) is 19.1 Å². The molecule has 0 aliphatic carbocycles. The predicted molar refractivity (Wildman–Crippen MR) is 76.7 cm³/mol. The Bertz CT molecular complexity index is 900. The van der Waals surface area contributed by atoms with Crippen LogP contribution in [0.2, 0.25) is 5.02 Å². The van der Waals surface area contributed by atoms with Crippen molar-refractivity contribution >= 4 is 22.9 Å². The zero-order valence-electron chi connectivity index (χ0n) is 10.6. The summed E-state index contributed by atoms with van der Waals surface area (Å²) in [5.74, 6) is 0. The highest BCUT2D eigenvalue weighted by molar-refractivity contribution is 6.31. The van der Waals surface area contributed by atoms with E-state index < -0.39 is 4.92 Å². The van der Waals surface area contributed by atoms with Crippen LogP contribution < -0.4 is 5.69 Å². The number of rotatable bonds is 3. The lowest BCUT2D eigenvalue weighted by Gasteiger charge is -2.03. The average Bonchev–Trinajstić information content (AvgIpc) is 2.78. The summed E-state index contributed by atoms with van der Waals surface area (Å²) in [7, 11) is 0. The van der Waals surface area contributed by atoms with Crippen LogP contribution in [0.15, 0.2) is 47.4 Å². The van der Waals surface area contributed by atoms with E-state index in [4.69, 9.17) is 11.6 Å². The SMILES string of the molecule is O=c1n(Cc2ccc([N+](=O)[O-])cc2Cl)nc2ccccn12. The number of aromatic nitrogens is 3. The van der Waals surface area contributed by atoms with Crippen LogP contribution >= 0.6 is 11.6 Å². The maximum atomic E-state index is 12.1. The first-order valence-corrected chi connectivity index (χ1v) is 6.41. The fraction of sp³-hybridized carbons (Fsp3) is 0.0769. The van der Waals surface area contributed by atoms with Gasteiger partial charge in [-0.2, -0.15) is 0 Å². The molecular weight excluding hydrogens is 296 g/mol. The molecule has 8 heteroatoms. The summed E-state index contributed by atoms with van der Waals surface area (Å²) < 4.78 is 2.68. The molecule has 0 amide bonds. The number of benzene rings is 1. The maximum Gasteiger partial charge on any atom is 0.350 e. The summed E-state index contributed by atoms with van der Waals surface area (Å²) in [6.45, 7) is 0.150. The molecule has 0 N–H and O–H groups in total. The molecule has 0 saturated carbocycles. The van der Waals surface area contributed by atoms with Crippen LogP contribution in [0.3, 0.4) is 0 Å². The Kier molecular flexibility index (Phi) is 3.19. The van der Waals surface area contributed by atoms with Crippen LogP contribution in [0.5, 0.6) is 0 Å². The summed E-state index contributed by atoms with van der Waals surface area (Å²) in [4.78, 5) is 22.3. The van der Waals surface area contributed by atoms with Gasteiger partial charge in [-0.25, -0.2) is 9.48 Å². The van der Waals surface area contributed by atoms with E-state index in [1.165, 1.54) is 27.3 Å². The first-order chi connectivity index (χ1) is 10.1. The molecule has 3 aromatic rings. The van der Waals surface area contributed by atoms with Gasteiger partial charge in [-0.05, 0) is 23.8 Å². The topological polar surface area (TPSA) is 82.4 Å². The number of halogens is 1. The molecule has 0 aliphatic heterocycles. The molecule has 106 valence electrons. The van der Waals surface area contributed by atoms with Crippen molar-refractivity contribution in [3.8, 4) is 0 Å². The molecule has 21 heavy (non-hydrogen) atoms. The number of nitro groups is 1. The number of hydrogen-bond donors (Lipinski definition) is 0. The van der Waals surface area contributed by atoms with E-state index in [9.17, 15) is 14.9 Å². The Morgan fingerprint density at radius 2 is 2.10 bits per heavy atom. The van der Waals surface area contributed by atoms with Crippen LogP contribution in [0.4, 0.5) is 5.69 Å².